The van der Waals surface area contributed by atoms with Crippen molar-refractivity contribution in [1.82, 2.24) is 10.3 Å². The maximum absolute atomic E-state index is 13.0. The molecule has 1 atom stereocenters. The molecule has 0 aliphatic rings. The van der Waals surface area contributed by atoms with Crippen LogP contribution in [0.25, 0.3) is 10.9 Å². The third-order valence-electron chi connectivity index (χ3n) is 5.16. The van der Waals surface area contributed by atoms with Gasteiger partial charge in [0.25, 0.3) is 0 Å². The van der Waals surface area contributed by atoms with Crippen molar-refractivity contribution in [3.8, 4) is 5.75 Å². The Kier molecular flexibility index (Phi) is 6.83. The van der Waals surface area contributed by atoms with Gasteiger partial charge in [0, 0.05) is 29.6 Å². The Hall–Kier alpha value is -4.66. The van der Waals surface area contributed by atoms with Gasteiger partial charge in [0.15, 0.2) is 0 Å². The van der Waals surface area contributed by atoms with Crippen LogP contribution in [0.1, 0.15) is 11.1 Å². The molecule has 0 aliphatic carbocycles. The Morgan fingerprint density at radius 2 is 1.68 bits per heavy atom. The van der Waals surface area contributed by atoms with Gasteiger partial charge in [-0.25, -0.2) is 9.59 Å². The Labute approximate surface area is 194 Å². The molecule has 0 unspecified atom stereocenters. The molecule has 0 aliphatic heterocycles. The van der Waals surface area contributed by atoms with Gasteiger partial charge >= 0.3 is 17.7 Å². The fraction of sp³-hybridized carbons (Fsp3) is 0.120. The van der Waals surface area contributed by atoms with Gasteiger partial charge in [-0.1, -0.05) is 60.7 Å². The molecule has 4 aromatic rings. The summed E-state index contributed by atoms with van der Waals surface area (Å²) in [6, 6.07) is 21.0. The van der Waals surface area contributed by atoms with Crippen LogP contribution in [-0.4, -0.2) is 28.0 Å². The number of hydrogen-bond donors (Lipinski definition) is 2. The second kappa shape index (κ2) is 10.3. The van der Waals surface area contributed by atoms with Crippen LogP contribution in [0.3, 0.4) is 0 Å². The summed E-state index contributed by atoms with van der Waals surface area (Å²) in [5.41, 5.74) is 2.07. The van der Waals surface area contributed by atoms with Crippen LogP contribution in [0.4, 0.5) is 10.5 Å². The number of fused-ring (bicyclic) bond motifs is 1. The molecule has 172 valence electrons. The molecule has 2 N–H and O–H groups in total. The number of ether oxygens (including phenoxy) is 2. The first-order valence-corrected chi connectivity index (χ1v) is 10.5. The number of aromatic nitrogens is 1. The number of rotatable bonds is 8. The second-order valence-corrected chi connectivity index (χ2v) is 7.47. The van der Waals surface area contributed by atoms with Crippen molar-refractivity contribution in [1.29, 1.82) is 0 Å². The Balaban J connectivity index is 1.53. The maximum Gasteiger partial charge on any atom is 0.408 e. The summed E-state index contributed by atoms with van der Waals surface area (Å²) in [5.74, 6) is -1.06. The van der Waals surface area contributed by atoms with E-state index in [9.17, 15) is 19.7 Å². The summed E-state index contributed by atoms with van der Waals surface area (Å²) >= 11 is 0. The fourth-order valence-electron chi connectivity index (χ4n) is 3.49. The van der Waals surface area contributed by atoms with Crippen molar-refractivity contribution in [2.24, 2.45) is 0 Å². The van der Waals surface area contributed by atoms with E-state index in [2.05, 4.69) is 10.3 Å². The molecule has 3 aromatic carbocycles. The van der Waals surface area contributed by atoms with Crippen LogP contribution >= 0.6 is 0 Å². The Morgan fingerprint density at radius 1 is 0.971 bits per heavy atom. The molecule has 0 radical (unpaired) electrons. The Bertz CT molecular complexity index is 1320. The summed E-state index contributed by atoms with van der Waals surface area (Å²) in [7, 11) is 0. The van der Waals surface area contributed by atoms with Crippen LogP contribution in [0.5, 0.6) is 5.75 Å². The third-order valence-corrected chi connectivity index (χ3v) is 5.16. The van der Waals surface area contributed by atoms with E-state index < -0.39 is 23.0 Å². The van der Waals surface area contributed by atoms with Crippen LogP contribution in [0, 0.1) is 10.1 Å². The summed E-state index contributed by atoms with van der Waals surface area (Å²) in [5, 5.41) is 14.7. The SMILES string of the molecule is O=C(N[C@H](Cc1c[nH]c2ccccc12)C(=O)Oc1ccccc1[N+](=O)[O-])OCc1ccccc1. The molecule has 0 spiro atoms. The molecule has 34 heavy (non-hydrogen) atoms. The lowest BCUT2D eigenvalue weighted by molar-refractivity contribution is -0.385. The van der Waals surface area contributed by atoms with Gasteiger partial charge in [-0.2, -0.15) is 0 Å². The first kappa shape index (κ1) is 22.5. The van der Waals surface area contributed by atoms with Gasteiger partial charge in [0.05, 0.1) is 4.92 Å². The van der Waals surface area contributed by atoms with E-state index in [1.165, 1.54) is 24.3 Å². The fourth-order valence-corrected chi connectivity index (χ4v) is 3.49. The van der Waals surface area contributed by atoms with Crippen molar-refractivity contribution in [2.45, 2.75) is 19.1 Å². The first-order chi connectivity index (χ1) is 16.5. The van der Waals surface area contributed by atoms with E-state index in [0.29, 0.717) is 0 Å². The number of carbonyl (C=O) groups is 2. The first-order valence-electron chi connectivity index (χ1n) is 10.5. The average molecular weight is 459 g/mol. The van der Waals surface area contributed by atoms with Crippen molar-refractivity contribution in [3.63, 3.8) is 0 Å². The second-order valence-electron chi connectivity index (χ2n) is 7.47. The normalized spacial score (nSPS) is 11.5. The van der Waals surface area contributed by atoms with Gasteiger partial charge < -0.3 is 19.8 Å². The molecule has 0 fully saturated rings. The lowest BCUT2D eigenvalue weighted by Gasteiger charge is -2.17. The van der Waals surface area contributed by atoms with Crippen molar-refractivity contribution in [2.75, 3.05) is 0 Å². The smallest absolute Gasteiger partial charge is 0.408 e. The zero-order valence-electron chi connectivity index (χ0n) is 18.0. The molecule has 0 saturated heterocycles. The van der Waals surface area contributed by atoms with Crippen LogP contribution in [0.2, 0.25) is 0 Å². The number of nitrogens with zero attached hydrogens (tertiary/aromatic N) is 1. The molecule has 0 saturated carbocycles. The van der Waals surface area contributed by atoms with Gasteiger partial charge in [0.1, 0.15) is 12.6 Å². The lowest BCUT2D eigenvalue weighted by Crippen LogP contribution is -2.44. The number of alkyl carbamates (subject to hydrolysis) is 1. The molecule has 1 heterocycles. The van der Waals surface area contributed by atoms with Crippen LogP contribution in [0.15, 0.2) is 85.1 Å². The Morgan fingerprint density at radius 3 is 2.47 bits per heavy atom. The molecular weight excluding hydrogens is 438 g/mol. The number of amides is 1. The molecule has 0 bridgehead atoms. The minimum Gasteiger partial charge on any atom is -0.445 e. The van der Waals surface area contributed by atoms with E-state index in [-0.39, 0.29) is 24.5 Å². The third kappa shape index (κ3) is 5.39. The van der Waals surface area contributed by atoms with E-state index in [1.807, 2.05) is 42.5 Å². The van der Waals surface area contributed by atoms with Crippen molar-refractivity contribution < 1.29 is 24.0 Å². The van der Waals surface area contributed by atoms with Gasteiger partial charge in [0.2, 0.25) is 5.75 Å². The minimum absolute atomic E-state index is 0.0195. The maximum atomic E-state index is 13.0. The number of aromatic amines is 1. The summed E-state index contributed by atoms with van der Waals surface area (Å²) in [6.45, 7) is 0.0195. The van der Waals surface area contributed by atoms with Crippen LogP contribution < -0.4 is 10.1 Å². The topological polar surface area (TPSA) is 124 Å². The lowest BCUT2D eigenvalue weighted by atomic mass is 10.1. The van der Waals surface area contributed by atoms with E-state index in [0.717, 1.165) is 22.0 Å². The predicted molar refractivity (Wildman–Crippen MR) is 124 cm³/mol. The molecule has 9 nitrogen and oxygen atoms in total. The number of benzene rings is 3. The quantitative estimate of drug-likeness (QED) is 0.173. The highest BCUT2D eigenvalue weighted by Crippen LogP contribution is 2.27. The zero-order chi connectivity index (χ0) is 23.9. The predicted octanol–water partition coefficient (Wildman–Crippen LogP) is 4.52. The van der Waals surface area contributed by atoms with Gasteiger partial charge in [-0.05, 0) is 23.3 Å². The number of H-pyrrole nitrogens is 1. The number of nitro groups is 1. The largest absolute Gasteiger partial charge is 0.445 e. The number of nitrogens with one attached hydrogen (secondary N) is 2. The highest BCUT2D eigenvalue weighted by Gasteiger charge is 2.27. The highest BCUT2D eigenvalue weighted by atomic mass is 16.6. The summed E-state index contributed by atoms with van der Waals surface area (Å²) < 4.78 is 10.6. The molecule has 1 amide bonds. The molecular formula is C25H21N3O6. The average Bonchev–Trinajstić information content (AvgIpc) is 3.26. The monoisotopic (exact) mass is 459 g/mol. The van der Waals surface area contributed by atoms with Crippen molar-refractivity contribution in [3.05, 3.63) is 106 Å². The van der Waals surface area contributed by atoms with Gasteiger partial charge in [-0.3, -0.25) is 10.1 Å². The minimum atomic E-state index is -1.15. The van der Waals surface area contributed by atoms with Gasteiger partial charge in [-0.15, -0.1) is 0 Å². The highest BCUT2D eigenvalue weighted by molar-refractivity contribution is 5.87. The summed E-state index contributed by atoms with van der Waals surface area (Å²) in [6.07, 6.45) is 1.02. The van der Waals surface area contributed by atoms with Crippen molar-refractivity contribution >= 4 is 28.7 Å². The molecule has 4 rings (SSSR count). The number of carbonyl (C=O) groups excluding carboxylic acids is 2. The molecule has 1 aromatic heterocycles. The van der Waals surface area contributed by atoms with E-state index in [4.69, 9.17) is 9.47 Å². The number of nitro benzene ring substituents is 1. The number of esters is 1. The standard InChI is InChI=1S/C25H21N3O6/c29-24(34-23-13-7-6-12-22(23)28(31)32)21(14-18-15-26-20-11-5-4-10-19(18)20)27-25(30)33-16-17-8-2-1-3-9-17/h1-13,15,21,26H,14,16H2,(H,27,30)/t21-/m1/s1. The zero-order valence-corrected chi connectivity index (χ0v) is 18.0. The number of hydrogen-bond acceptors (Lipinski definition) is 6. The summed E-state index contributed by atoms with van der Waals surface area (Å²) in [4.78, 5) is 39.3. The molecule has 9 heteroatoms. The number of para-hydroxylation sites is 3. The van der Waals surface area contributed by atoms with E-state index in [1.54, 1.807) is 18.3 Å². The van der Waals surface area contributed by atoms with Crippen LogP contribution in [-0.2, 0) is 22.6 Å². The van der Waals surface area contributed by atoms with E-state index >= 15 is 0 Å².